The predicted octanol–water partition coefficient (Wildman–Crippen LogP) is 2.74. The monoisotopic (exact) mass is 368 g/mol. The van der Waals surface area contributed by atoms with Crippen LogP contribution in [0.15, 0.2) is 78.1 Å². The first-order chi connectivity index (χ1) is 13.8. The van der Waals surface area contributed by atoms with Gasteiger partial charge >= 0.3 is 5.69 Å². The minimum absolute atomic E-state index is 0.159. The largest absolute Gasteiger partial charge is 0.350 e. The maximum Gasteiger partial charge on any atom is 0.350 e. The second-order valence-electron chi connectivity index (χ2n) is 6.45. The summed E-state index contributed by atoms with van der Waals surface area (Å²) in [5.41, 5.74) is 4.96. The molecule has 5 heterocycles. The number of rotatable bonds is 4. The molecule has 0 fully saturated rings. The molecule has 7 nitrogen and oxygen atoms in total. The van der Waals surface area contributed by atoms with E-state index >= 15 is 0 Å². The van der Waals surface area contributed by atoms with Crippen LogP contribution in [0.3, 0.4) is 0 Å². The summed E-state index contributed by atoms with van der Waals surface area (Å²) in [4.78, 5) is 25.7. The Morgan fingerprint density at radius 2 is 1.79 bits per heavy atom. The fraction of sp³-hybridized carbons (Fsp3) is 0.0952. The van der Waals surface area contributed by atoms with Gasteiger partial charge in [0.15, 0.2) is 5.65 Å². The number of hydrogen-bond acceptors (Lipinski definition) is 5. The van der Waals surface area contributed by atoms with Crippen LogP contribution in [0.1, 0.15) is 5.69 Å². The number of hydrogen-bond donors (Lipinski definition) is 0. The number of aryl methyl sites for hydroxylation is 2. The molecule has 0 atom stereocenters. The lowest BCUT2D eigenvalue weighted by Crippen LogP contribution is -2.22. The van der Waals surface area contributed by atoms with Crippen LogP contribution in [-0.4, -0.2) is 29.1 Å². The van der Waals surface area contributed by atoms with Gasteiger partial charge in [-0.1, -0.05) is 0 Å². The molecule has 0 aliphatic rings. The van der Waals surface area contributed by atoms with Crippen molar-refractivity contribution in [2.45, 2.75) is 13.0 Å². The van der Waals surface area contributed by atoms with Crippen LogP contribution in [0.25, 0.3) is 27.8 Å². The third-order valence-corrected chi connectivity index (χ3v) is 4.69. The summed E-state index contributed by atoms with van der Waals surface area (Å²) in [6, 6.07) is 15.3. The molecule has 28 heavy (non-hydrogen) atoms. The van der Waals surface area contributed by atoms with E-state index in [2.05, 4.69) is 20.1 Å². The molecule has 0 aliphatic carbocycles. The molecule has 5 rings (SSSR count). The molecule has 0 aromatic carbocycles. The summed E-state index contributed by atoms with van der Waals surface area (Å²) in [5, 5.41) is 4.57. The van der Waals surface area contributed by atoms with E-state index in [1.807, 2.05) is 48.5 Å². The summed E-state index contributed by atoms with van der Waals surface area (Å²) >= 11 is 0. The van der Waals surface area contributed by atoms with Crippen molar-refractivity contribution in [1.82, 2.24) is 29.1 Å². The van der Waals surface area contributed by atoms with Crippen molar-refractivity contribution < 1.29 is 0 Å². The Morgan fingerprint density at radius 1 is 0.893 bits per heavy atom. The summed E-state index contributed by atoms with van der Waals surface area (Å²) in [7, 11) is 0. The van der Waals surface area contributed by atoms with Crippen molar-refractivity contribution >= 4 is 16.7 Å². The first kappa shape index (κ1) is 16.3. The van der Waals surface area contributed by atoms with Crippen molar-refractivity contribution in [3.8, 4) is 11.1 Å². The van der Waals surface area contributed by atoms with E-state index in [4.69, 9.17) is 0 Å². The third-order valence-electron chi connectivity index (χ3n) is 4.69. The second-order valence-corrected chi connectivity index (χ2v) is 6.45. The van der Waals surface area contributed by atoms with Gasteiger partial charge in [0.2, 0.25) is 0 Å². The Balaban J connectivity index is 1.49. The zero-order valence-corrected chi connectivity index (χ0v) is 14.9. The van der Waals surface area contributed by atoms with E-state index in [-0.39, 0.29) is 5.69 Å². The minimum atomic E-state index is -0.159. The molecule has 5 aromatic heterocycles. The van der Waals surface area contributed by atoms with Gasteiger partial charge in [-0.15, -0.1) is 5.10 Å². The fourth-order valence-corrected chi connectivity index (χ4v) is 3.30. The van der Waals surface area contributed by atoms with Gasteiger partial charge in [0, 0.05) is 42.5 Å². The van der Waals surface area contributed by atoms with Crippen LogP contribution in [0.2, 0.25) is 0 Å². The standard InChI is InChI=1S/C21H16N6O/c28-21-26-13-2-3-17(15-7-11-22-12-8-15)20(26)25-27(21)14-9-16-5-6-18-19(24-16)4-1-10-23-18/h1-8,10-13H,9,14H2. The molecule has 0 bridgehead atoms. The van der Waals surface area contributed by atoms with E-state index < -0.39 is 0 Å². The van der Waals surface area contributed by atoms with Crippen LogP contribution in [0, 0.1) is 0 Å². The molecular formula is C21H16N6O. The average molecular weight is 368 g/mol. The lowest BCUT2D eigenvalue weighted by Gasteiger charge is -2.02. The molecule has 0 saturated heterocycles. The molecule has 0 aliphatic heterocycles. The molecular weight excluding hydrogens is 352 g/mol. The van der Waals surface area contributed by atoms with Gasteiger partial charge in [0.1, 0.15) is 0 Å². The highest BCUT2D eigenvalue weighted by molar-refractivity contribution is 5.76. The van der Waals surface area contributed by atoms with Crippen LogP contribution in [-0.2, 0) is 13.0 Å². The maximum absolute atomic E-state index is 12.8. The number of pyridine rings is 4. The van der Waals surface area contributed by atoms with E-state index in [0.29, 0.717) is 18.6 Å². The molecule has 0 saturated carbocycles. The van der Waals surface area contributed by atoms with E-state index in [9.17, 15) is 4.79 Å². The summed E-state index contributed by atoms with van der Waals surface area (Å²) in [6.07, 6.45) is 7.56. The van der Waals surface area contributed by atoms with Crippen molar-refractivity contribution in [2.24, 2.45) is 0 Å². The van der Waals surface area contributed by atoms with Crippen molar-refractivity contribution in [1.29, 1.82) is 0 Å². The highest BCUT2D eigenvalue weighted by Crippen LogP contribution is 2.21. The number of nitrogens with zero attached hydrogens (tertiary/aromatic N) is 6. The van der Waals surface area contributed by atoms with Crippen LogP contribution < -0.4 is 5.69 Å². The Morgan fingerprint density at radius 3 is 2.68 bits per heavy atom. The SMILES string of the molecule is O=c1n(CCc2ccc3ncccc3n2)nc2c(-c3ccncc3)cccn12. The zero-order chi connectivity index (χ0) is 18.9. The van der Waals surface area contributed by atoms with Crippen LogP contribution in [0.4, 0.5) is 0 Å². The van der Waals surface area contributed by atoms with Crippen LogP contribution in [0.5, 0.6) is 0 Å². The van der Waals surface area contributed by atoms with Gasteiger partial charge in [-0.2, -0.15) is 0 Å². The second kappa shape index (κ2) is 6.70. The predicted molar refractivity (Wildman–Crippen MR) is 106 cm³/mol. The number of fused-ring (bicyclic) bond motifs is 2. The van der Waals surface area contributed by atoms with Crippen molar-refractivity contribution in [3.05, 3.63) is 89.5 Å². The number of aromatic nitrogens is 6. The molecule has 7 heteroatoms. The van der Waals surface area contributed by atoms with Crippen molar-refractivity contribution in [3.63, 3.8) is 0 Å². The quantitative estimate of drug-likeness (QED) is 0.487. The average Bonchev–Trinajstić information content (AvgIpc) is 3.08. The Kier molecular flexibility index (Phi) is 3.90. The summed E-state index contributed by atoms with van der Waals surface area (Å²) in [5.74, 6) is 0. The fourth-order valence-electron chi connectivity index (χ4n) is 3.30. The lowest BCUT2D eigenvalue weighted by atomic mass is 10.1. The molecule has 0 amide bonds. The zero-order valence-electron chi connectivity index (χ0n) is 14.9. The normalized spacial score (nSPS) is 11.3. The summed E-state index contributed by atoms with van der Waals surface area (Å²) in [6.45, 7) is 0.453. The molecule has 0 N–H and O–H groups in total. The van der Waals surface area contributed by atoms with Gasteiger partial charge in [-0.3, -0.25) is 15.0 Å². The highest BCUT2D eigenvalue weighted by Gasteiger charge is 2.12. The van der Waals surface area contributed by atoms with Gasteiger partial charge in [0.25, 0.3) is 0 Å². The molecule has 0 unspecified atom stereocenters. The van der Waals surface area contributed by atoms with Gasteiger partial charge < -0.3 is 0 Å². The lowest BCUT2D eigenvalue weighted by molar-refractivity contribution is 0.588. The van der Waals surface area contributed by atoms with Crippen LogP contribution >= 0.6 is 0 Å². The van der Waals surface area contributed by atoms with Gasteiger partial charge in [0.05, 0.1) is 17.6 Å². The van der Waals surface area contributed by atoms with E-state index in [1.165, 1.54) is 4.68 Å². The Bertz CT molecular complexity index is 1340. The smallest absolute Gasteiger partial charge is 0.265 e. The third kappa shape index (κ3) is 2.83. The van der Waals surface area contributed by atoms with Gasteiger partial charge in [-0.25, -0.2) is 13.9 Å². The Hall–Kier alpha value is -3.87. The van der Waals surface area contributed by atoms with E-state index in [1.54, 1.807) is 29.2 Å². The molecule has 0 radical (unpaired) electrons. The minimum Gasteiger partial charge on any atom is -0.265 e. The highest BCUT2D eigenvalue weighted by atomic mass is 16.2. The maximum atomic E-state index is 12.8. The first-order valence-corrected chi connectivity index (χ1v) is 8.99. The van der Waals surface area contributed by atoms with Crippen molar-refractivity contribution in [2.75, 3.05) is 0 Å². The molecule has 5 aromatic rings. The molecule has 0 spiro atoms. The Labute approximate surface area is 160 Å². The molecule has 136 valence electrons. The first-order valence-electron chi connectivity index (χ1n) is 8.99. The summed E-state index contributed by atoms with van der Waals surface area (Å²) < 4.78 is 3.07. The van der Waals surface area contributed by atoms with Gasteiger partial charge in [-0.05, 0) is 54.1 Å². The topological polar surface area (TPSA) is 78.0 Å². The van der Waals surface area contributed by atoms with E-state index in [0.717, 1.165) is 27.9 Å².